The first-order valence-corrected chi connectivity index (χ1v) is 11.7. The third-order valence-corrected chi connectivity index (χ3v) is 6.81. The zero-order chi connectivity index (χ0) is 21.8. The van der Waals surface area contributed by atoms with Crippen molar-refractivity contribution in [2.45, 2.75) is 6.92 Å². The number of carbonyl (C=O) groups is 1. The molecule has 0 radical (unpaired) electrons. The Morgan fingerprint density at radius 1 is 1.32 bits per heavy atom. The number of aromatic nitrogens is 1. The summed E-state index contributed by atoms with van der Waals surface area (Å²) in [4.78, 5) is 27.0. The molecule has 4 rings (SSSR count). The Morgan fingerprint density at radius 2 is 2.13 bits per heavy atom. The van der Waals surface area contributed by atoms with E-state index in [1.807, 2.05) is 25.1 Å². The summed E-state index contributed by atoms with van der Waals surface area (Å²) in [5.74, 6) is 0.666. The van der Waals surface area contributed by atoms with Crippen LogP contribution in [0.4, 0.5) is 10.8 Å². The number of likely N-dealkylation sites (N-methyl/N-ethyl adjacent to an activating group) is 1. The number of ether oxygens (including phenoxy) is 1. The number of nitrogens with one attached hydrogen (secondary N) is 1. The Hall–Kier alpha value is -2.40. The second kappa shape index (κ2) is 9.82. The molecule has 2 saturated heterocycles. The fraction of sp³-hybridized carbons (Fsp3) is 0.381. The molecule has 2 aromatic rings. The number of nitrogens with two attached hydrogens (primary N) is 1. The van der Waals surface area contributed by atoms with Crippen LogP contribution >= 0.6 is 23.1 Å². The van der Waals surface area contributed by atoms with Crippen molar-refractivity contribution in [3.8, 4) is 5.75 Å². The molecule has 31 heavy (non-hydrogen) atoms. The number of hydrogen-bond acceptors (Lipinski definition) is 9. The number of rotatable bonds is 6. The van der Waals surface area contributed by atoms with Crippen molar-refractivity contribution < 1.29 is 9.53 Å². The van der Waals surface area contributed by atoms with Crippen molar-refractivity contribution in [2.24, 2.45) is 4.99 Å². The average molecular weight is 459 g/mol. The number of carbonyl (C=O) groups excluding carboxylic acids is 1. The normalized spacial score (nSPS) is 20.5. The van der Waals surface area contributed by atoms with Gasteiger partial charge in [-0.25, -0.2) is 9.98 Å². The maximum Gasteiger partial charge on any atom is 0.264 e. The van der Waals surface area contributed by atoms with E-state index in [1.54, 1.807) is 12.3 Å². The highest BCUT2D eigenvalue weighted by molar-refractivity contribution is 8.18. The van der Waals surface area contributed by atoms with Crippen molar-refractivity contribution >= 4 is 51.1 Å². The van der Waals surface area contributed by atoms with Crippen molar-refractivity contribution in [3.63, 3.8) is 0 Å². The second-order valence-electron chi connectivity index (χ2n) is 7.52. The molecule has 2 aliphatic rings. The quantitative estimate of drug-likeness (QED) is 0.642. The van der Waals surface area contributed by atoms with Crippen LogP contribution in [-0.4, -0.2) is 72.2 Å². The van der Waals surface area contributed by atoms with Crippen LogP contribution in [0.15, 0.2) is 34.3 Å². The molecule has 2 fully saturated rings. The van der Waals surface area contributed by atoms with Crippen LogP contribution in [0.1, 0.15) is 10.4 Å². The van der Waals surface area contributed by atoms with Gasteiger partial charge in [-0.1, -0.05) is 11.3 Å². The van der Waals surface area contributed by atoms with E-state index in [9.17, 15) is 4.79 Å². The minimum absolute atomic E-state index is 0.169. The smallest absolute Gasteiger partial charge is 0.264 e. The summed E-state index contributed by atoms with van der Waals surface area (Å²) in [6, 6.07) is 5.84. The zero-order valence-corrected chi connectivity index (χ0v) is 19.3. The van der Waals surface area contributed by atoms with E-state index in [0.29, 0.717) is 21.8 Å². The van der Waals surface area contributed by atoms with Crippen LogP contribution in [0.2, 0.25) is 0 Å². The topological polar surface area (TPSA) is 96.1 Å². The first-order chi connectivity index (χ1) is 15.0. The monoisotopic (exact) mass is 458 g/mol. The molecule has 1 aromatic heterocycles. The largest absolute Gasteiger partial charge is 0.492 e. The molecule has 164 valence electrons. The van der Waals surface area contributed by atoms with Crippen LogP contribution < -0.4 is 15.8 Å². The van der Waals surface area contributed by atoms with Crippen LogP contribution in [0.25, 0.3) is 6.08 Å². The number of anilines is 1. The number of hydrogen-bond donors (Lipinski definition) is 2. The van der Waals surface area contributed by atoms with Crippen LogP contribution in [-0.2, 0) is 4.79 Å². The Balaban J connectivity index is 1.34. The number of amides is 1. The van der Waals surface area contributed by atoms with Gasteiger partial charge in [0.2, 0.25) is 0 Å². The molecule has 0 spiro atoms. The Morgan fingerprint density at radius 3 is 2.84 bits per heavy atom. The minimum atomic E-state index is -0.169. The third-order valence-electron chi connectivity index (χ3n) is 5.13. The Labute approximate surface area is 190 Å². The lowest BCUT2D eigenvalue weighted by molar-refractivity contribution is -0.115. The van der Waals surface area contributed by atoms with Gasteiger partial charge >= 0.3 is 0 Å². The fourth-order valence-electron chi connectivity index (χ4n) is 3.29. The number of amidine groups is 1. The molecule has 1 amide bonds. The molecule has 3 N–H and O–H groups in total. The van der Waals surface area contributed by atoms with Gasteiger partial charge in [0.05, 0.1) is 15.5 Å². The van der Waals surface area contributed by atoms with Gasteiger partial charge < -0.3 is 20.7 Å². The van der Waals surface area contributed by atoms with Gasteiger partial charge in [-0.05, 0) is 55.6 Å². The lowest BCUT2D eigenvalue weighted by Gasteiger charge is -2.32. The number of benzene rings is 1. The van der Waals surface area contributed by atoms with Gasteiger partial charge in [0.1, 0.15) is 12.4 Å². The molecule has 0 aliphatic carbocycles. The summed E-state index contributed by atoms with van der Waals surface area (Å²) in [6.07, 6.45) is 3.43. The molecule has 3 heterocycles. The molecule has 8 nitrogen and oxygen atoms in total. The number of thioether (sulfide) groups is 1. The highest BCUT2D eigenvalue weighted by atomic mass is 32.2. The highest BCUT2D eigenvalue weighted by Gasteiger charge is 2.24. The first kappa shape index (κ1) is 21.8. The number of piperazine rings is 1. The van der Waals surface area contributed by atoms with Gasteiger partial charge in [-0.2, -0.15) is 0 Å². The predicted molar refractivity (Wildman–Crippen MR) is 128 cm³/mol. The maximum atomic E-state index is 12.2. The molecule has 0 saturated carbocycles. The van der Waals surface area contributed by atoms with E-state index in [2.05, 4.69) is 32.1 Å². The summed E-state index contributed by atoms with van der Waals surface area (Å²) >= 11 is 2.65. The van der Waals surface area contributed by atoms with Gasteiger partial charge in [0.25, 0.3) is 5.91 Å². The molecule has 1 aromatic carbocycles. The summed E-state index contributed by atoms with van der Waals surface area (Å²) in [5, 5.41) is 3.85. The van der Waals surface area contributed by atoms with Crippen molar-refractivity contribution in [1.29, 1.82) is 0 Å². The van der Waals surface area contributed by atoms with E-state index in [4.69, 9.17) is 10.5 Å². The van der Waals surface area contributed by atoms with Crippen molar-refractivity contribution in [2.75, 3.05) is 52.1 Å². The van der Waals surface area contributed by atoms with Crippen molar-refractivity contribution in [3.05, 3.63) is 39.7 Å². The Kier molecular flexibility index (Phi) is 6.91. The van der Waals surface area contributed by atoms with Crippen LogP contribution in [0, 0.1) is 6.92 Å². The molecular weight excluding hydrogens is 432 g/mol. The predicted octanol–water partition coefficient (Wildman–Crippen LogP) is 2.55. The van der Waals surface area contributed by atoms with Gasteiger partial charge in [0.15, 0.2) is 10.3 Å². The minimum Gasteiger partial charge on any atom is -0.492 e. The number of nitrogen functional groups attached to an aromatic ring is 1. The molecule has 0 atom stereocenters. The number of thiazole rings is 1. The summed E-state index contributed by atoms with van der Waals surface area (Å²) in [5.41, 5.74) is 7.45. The zero-order valence-electron chi connectivity index (χ0n) is 17.6. The van der Waals surface area contributed by atoms with Gasteiger partial charge in [-0.3, -0.25) is 9.69 Å². The standard InChI is InChI=1S/C21H26N6O2S2/c1-14-11-15(29-10-9-27-7-5-26(2)6-8-27)3-4-17(14)24-21-25-19(28)18(31-21)12-16-13-23-20(22)30-16/h3-4,11-13H,5-10H2,1-2H3,(H2,22,23)(H,24,25,28)/b18-12-. The van der Waals surface area contributed by atoms with Crippen LogP contribution in [0.3, 0.4) is 0 Å². The molecule has 0 unspecified atom stereocenters. The SMILES string of the molecule is Cc1cc(OCCN2CCN(C)CC2)ccc1/N=C1/NC(=O)/C(=C/c2cnc(N)s2)S1. The van der Waals surface area contributed by atoms with Gasteiger partial charge in [-0.15, -0.1) is 0 Å². The number of nitrogens with zero attached hydrogens (tertiary/aromatic N) is 4. The Bertz CT molecular complexity index is 1010. The highest BCUT2D eigenvalue weighted by Crippen LogP contribution is 2.31. The van der Waals surface area contributed by atoms with Crippen LogP contribution in [0.5, 0.6) is 5.75 Å². The molecule has 0 bridgehead atoms. The summed E-state index contributed by atoms with van der Waals surface area (Å²) < 4.78 is 5.94. The molecular formula is C21H26N6O2S2. The van der Waals surface area contributed by atoms with E-state index < -0.39 is 0 Å². The summed E-state index contributed by atoms with van der Waals surface area (Å²) in [7, 11) is 2.16. The van der Waals surface area contributed by atoms with Crippen molar-refractivity contribution in [1.82, 2.24) is 20.1 Å². The molecule has 10 heteroatoms. The maximum absolute atomic E-state index is 12.2. The number of aliphatic imine (C=N–C) groups is 1. The van der Waals surface area contributed by atoms with Gasteiger partial charge in [0, 0.05) is 38.9 Å². The summed E-state index contributed by atoms with van der Waals surface area (Å²) in [6.45, 7) is 7.98. The van der Waals surface area contributed by atoms with E-state index >= 15 is 0 Å². The lowest BCUT2D eigenvalue weighted by atomic mass is 10.2. The van der Waals surface area contributed by atoms with E-state index in [-0.39, 0.29) is 5.91 Å². The fourth-order valence-corrected chi connectivity index (χ4v) is 4.82. The average Bonchev–Trinajstić information content (AvgIpc) is 3.30. The first-order valence-electron chi connectivity index (χ1n) is 10.1. The second-order valence-corrected chi connectivity index (χ2v) is 9.65. The molecule has 2 aliphatic heterocycles. The van der Waals surface area contributed by atoms with E-state index in [0.717, 1.165) is 54.6 Å². The van der Waals surface area contributed by atoms with E-state index in [1.165, 1.54) is 23.1 Å². The lowest BCUT2D eigenvalue weighted by Crippen LogP contribution is -2.45. The number of aryl methyl sites for hydroxylation is 1. The third kappa shape index (κ3) is 5.85.